The van der Waals surface area contributed by atoms with Gasteiger partial charge in [-0.25, -0.2) is 9.59 Å². The van der Waals surface area contributed by atoms with Gasteiger partial charge in [-0.2, -0.15) is 0 Å². The average Bonchev–Trinajstić information content (AvgIpc) is 3.65. The molecule has 0 spiro atoms. The summed E-state index contributed by atoms with van der Waals surface area (Å²) < 4.78 is 52.4. The maximum atomic E-state index is 13.3. The van der Waals surface area contributed by atoms with Crippen LogP contribution < -0.4 is 10.4 Å². The van der Waals surface area contributed by atoms with E-state index >= 15 is 0 Å². The van der Waals surface area contributed by atoms with Gasteiger partial charge in [-0.1, -0.05) is 28.1 Å². The van der Waals surface area contributed by atoms with Crippen LogP contribution in [0.1, 0.15) is 43.9 Å². The molecule has 1 fully saturated rings. The lowest BCUT2D eigenvalue weighted by atomic mass is 10.1. The van der Waals surface area contributed by atoms with Crippen LogP contribution in [0.2, 0.25) is 0 Å². The fourth-order valence-electron chi connectivity index (χ4n) is 3.80. The molecule has 1 saturated carbocycles. The number of halogens is 3. The molecule has 0 aliphatic heterocycles. The molecule has 1 heterocycles. The van der Waals surface area contributed by atoms with Gasteiger partial charge in [0.05, 0.1) is 18.4 Å². The van der Waals surface area contributed by atoms with Gasteiger partial charge in [0.1, 0.15) is 5.75 Å². The molecule has 2 aromatic carbocycles. The third-order valence-corrected chi connectivity index (χ3v) is 7.90. The highest BCUT2D eigenvalue weighted by atomic mass is 79.9. The molecule has 4 rings (SSSR count). The summed E-state index contributed by atoms with van der Waals surface area (Å²) in [7, 11) is -4.56. The predicted molar refractivity (Wildman–Crippen MR) is 134 cm³/mol. The Balaban J connectivity index is 1.64. The van der Waals surface area contributed by atoms with Crippen LogP contribution in [0.5, 0.6) is 5.75 Å². The third-order valence-electron chi connectivity index (χ3n) is 6.01. The number of ether oxygens (including phenoxy) is 1. The molecule has 1 aliphatic rings. The number of hydrogen-bond donors (Lipinski definition) is 1. The highest BCUT2D eigenvalue weighted by Crippen LogP contribution is 2.53. The molecule has 1 aliphatic carbocycles. The number of aliphatic carboxylic acids is 1. The van der Waals surface area contributed by atoms with Gasteiger partial charge in [-0.05, 0) is 77.2 Å². The van der Waals surface area contributed by atoms with Gasteiger partial charge in [0.2, 0.25) is 0 Å². The van der Waals surface area contributed by atoms with Gasteiger partial charge in [-0.15, -0.1) is 9.46 Å². The van der Waals surface area contributed by atoms with E-state index in [1.54, 1.807) is 51.7 Å². The molecule has 1 N–H and O–H groups in total. The molecule has 3 aromatic rings. The van der Waals surface area contributed by atoms with Crippen molar-refractivity contribution >= 4 is 29.5 Å². The monoisotopic (exact) mass is 600 g/mol. The Kier molecular flexibility index (Phi) is 7.75. The zero-order valence-electron chi connectivity index (χ0n) is 19.9. The minimum atomic E-state index is -4.56. The summed E-state index contributed by atoms with van der Waals surface area (Å²) in [4.78, 5) is 24.6. The van der Waals surface area contributed by atoms with Crippen LogP contribution in [0, 0.1) is 0 Å². The van der Waals surface area contributed by atoms with Crippen LogP contribution in [-0.4, -0.2) is 25.8 Å². The van der Waals surface area contributed by atoms with E-state index in [0.29, 0.717) is 27.0 Å². The summed E-state index contributed by atoms with van der Waals surface area (Å²) in [6, 6.07) is 11.8. The van der Waals surface area contributed by atoms with Gasteiger partial charge in [0.25, 0.3) is 0 Å². The lowest BCUT2D eigenvalue weighted by Crippen LogP contribution is -2.37. The SMILES string of the molecule is CC(C)(Oc1ccc(-c2cn(C3CC3)c(=O)n2Cc2ccc(CP(=O)(OF)OF)c(Br)c2)cc1)C(=O)O. The standard InChI is InChI=1S/C24H24BrF2N2O7P/c1-24(2,22(30)31)34-19-9-5-16(6-10-19)21-13-28(18-7-8-18)23(32)29(21)12-15-3-4-17(20(25)11-15)14-37(33,35-26)36-27/h3-6,9-11,13,18H,7-8,12,14H2,1-2H3,(H,30,31). The number of imidazole rings is 1. The first-order chi connectivity index (χ1) is 17.5. The molecule has 0 radical (unpaired) electrons. The van der Waals surface area contributed by atoms with Gasteiger partial charge in [0.15, 0.2) is 5.60 Å². The molecule has 37 heavy (non-hydrogen) atoms. The minimum Gasteiger partial charge on any atom is -0.478 e. The lowest BCUT2D eigenvalue weighted by molar-refractivity contribution is -0.152. The first kappa shape index (κ1) is 27.3. The fourth-order valence-corrected chi connectivity index (χ4v) is 5.39. The molecule has 0 atom stereocenters. The van der Waals surface area contributed by atoms with Crippen LogP contribution in [-0.2, 0) is 31.5 Å². The molecule has 0 saturated heterocycles. The smallest absolute Gasteiger partial charge is 0.399 e. The fraction of sp³-hybridized carbons (Fsp3) is 0.333. The Morgan fingerprint density at radius 1 is 1.16 bits per heavy atom. The first-order valence-electron chi connectivity index (χ1n) is 11.3. The van der Waals surface area contributed by atoms with Crippen molar-refractivity contribution in [1.82, 2.24) is 9.13 Å². The Morgan fingerprint density at radius 3 is 2.35 bits per heavy atom. The van der Waals surface area contributed by atoms with Crippen molar-refractivity contribution in [3.05, 3.63) is 74.7 Å². The average molecular weight is 601 g/mol. The van der Waals surface area contributed by atoms with Crippen LogP contribution in [0.25, 0.3) is 11.3 Å². The van der Waals surface area contributed by atoms with E-state index in [1.807, 2.05) is 0 Å². The van der Waals surface area contributed by atoms with E-state index in [0.717, 1.165) is 18.4 Å². The summed E-state index contributed by atoms with van der Waals surface area (Å²) in [5.74, 6) is -0.723. The number of aromatic nitrogens is 2. The van der Waals surface area contributed by atoms with Crippen molar-refractivity contribution < 1.29 is 37.7 Å². The van der Waals surface area contributed by atoms with Gasteiger partial charge in [-0.3, -0.25) is 13.7 Å². The Labute approximate surface area is 219 Å². The summed E-state index contributed by atoms with van der Waals surface area (Å²) in [6.45, 7) is 3.09. The van der Waals surface area contributed by atoms with Gasteiger partial charge < -0.3 is 9.84 Å². The van der Waals surface area contributed by atoms with E-state index in [1.165, 1.54) is 19.9 Å². The largest absolute Gasteiger partial charge is 0.478 e. The molecule has 0 unspecified atom stereocenters. The molecular weight excluding hydrogens is 577 g/mol. The quantitative estimate of drug-likeness (QED) is 0.261. The van der Waals surface area contributed by atoms with E-state index in [4.69, 9.17) is 4.74 Å². The second-order valence-electron chi connectivity index (χ2n) is 9.30. The van der Waals surface area contributed by atoms with Crippen molar-refractivity contribution in [2.75, 3.05) is 0 Å². The predicted octanol–water partition coefficient (Wildman–Crippen LogP) is 6.20. The molecule has 198 valence electrons. The van der Waals surface area contributed by atoms with Crippen LogP contribution >= 0.6 is 23.5 Å². The second kappa shape index (κ2) is 10.5. The van der Waals surface area contributed by atoms with E-state index in [2.05, 4.69) is 25.4 Å². The highest BCUT2D eigenvalue weighted by molar-refractivity contribution is 9.10. The van der Waals surface area contributed by atoms with Crippen molar-refractivity contribution in [3.8, 4) is 17.0 Å². The highest BCUT2D eigenvalue weighted by Gasteiger charge is 2.31. The van der Waals surface area contributed by atoms with Crippen molar-refractivity contribution in [2.24, 2.45) is 0 Å². The lowest BCUT2D eigenvalue weighted by Gasteiger charge is -2.21. The third kappa shape index (κ3) is 6.04. The topological polar surface area (TPSA) is 109 Å². The maximum Gasteiger partial charge on any atom is 0.399 e. The minimum absolute atomic E-state index is 0.135. The molecule has 9 nitrogen and oxygen atoms in total. The van der Waals surface area contributed by atoms with Gasteiger partial charge in [0, 0.05) is 22.3 Å². The van der Waals surface area contributed by atoms with E-state index in [-0.39, 0.29) is 18.3 Å². The van der Waals surface area contributed by atoms with Crippen molar-refractivity contribution in [1.29, 1.82) is 0 Å². The Bertz CT molecular complexity index is 1410. The van der Waals surface area contributed by atoms with Crippen molar-refractivity contribution in [3.63, 3.8) is 0 Å². The number of carboxylic acids is 1. The molecule has 0 amide bonds. The first-order valence-corrected chi connectivity index (χ1v) is 13.8. The number of rotatable bonds is 11. The Hall–Kier alpha value is -2.79. The van der Waals surface area contributed by atoms with Crippen LogP contribution in [0.3, 0.4) is 0 Å². The molecule has 1 aromatic heterocycles. The normalized spacial score (nSPS) is 14.1. The summed E-state index contributed by atoms with van der Waals surface area (Å²) in [6.07, 6.45) is 2.99. The van der Waals surface area contributed by atoms with E-state index in [9.17, 15) is 28.3 Å². The molecule has 0 bridgehead atoms. The number of hydrogen-bond acceptors (Lipinski definition) is 6. The maximum absolute atomic E-state index is 13.3. The number of carboxylic acid groups (broad SMARTS) is 1. The number of nitrogens with zero attached hydrogens (tertiary/aromatic N) is 2. The number of carbonyl (C=O) groups is 1. The molecular formula is C24H24BrF2N2O7P. The van der Waals surface area contributed by atoms with Crippen LogP contribution in [0.15, 0.2) is 57.9 Å². The van der Waals surface area contributed by atoms with Gasteiger partial charge >= 0.3 is 19.3 Å². The number of benzene rings is 2. The second-order valence-corrected chi connectivity index (χ2v) is 12.0. The zero-order chi connectivity index (χ0) is 27.0. The summed E-state index contributed by atoms with van der Waals surface area (Å²) >= 11 is 3.31. The zero-order valence-corrected chi connectivity index (χ0v) is 22.4. The van der Waals surface area contributed by atoms with E-state index < -0.39 is 25.3 Å². The summed E-state index contributed by atoms with van der Waals surface area (Å²) in [5, 5.41) is 9.29. The Morgan fingerprint density at radius 2 is 1.81 bits per heavy atom. The molecule has 13 heteroatoms. The summed E-state index contributed by atoms with van der Waals surface area (Å²) in [5.41, 5.74) is 0.791. The van der Waals surface area contributed by atoms with Crippen LogP contribution in [0.4, 0.5) is 9.05 Å². The van der Waals surface area contributed by atoms with Crippen molar-refractivity contribution in [2.45, 2.75) is 51.0 Å².